The van der Waals surface area contributed by atoms with E-state index in [1.807, 2.05) is 34.5 Å². The van der Waals surface area contributed by atoms with Gasteiger partial charge in [-0.05, 0) is 35.7 Å². The molecule has 0 aliphatic carbocycles. The van der Waals surface area contributed by atoms with Gasteiger partial charge in [-0.1, -0.05) is 22.9 Å². The van der Waals surface area contributed by atoms with Gasteiger partial charge in [0.2, 0.25) is 5.91 Å². The third-order valence-corrected chi connectivity index (χ3v) is 6.26. The van der Waals surface area contributed by atoms with Crippen molar-refractivity contribution in [2.45, 2.75) is 6.42 Å². The first kappa shape index (κ1) is 19.0. The van der Waals surface area contributed by atoms with Gasteiger partial charge in [-0.25, -0.2) is 9.97 Å². The second-order valence-electron chi connectivity index (χ2n) is 6.97. The van der Waals surface area contributed by atoms with E-state index in [2.05, 4.69) is 25.2 Å². The number of hydrogen-bond acceptors (Lipinski definition) is 7. The van der Waals surface area contributed by atoms with E-state index in [-0.39, 0.29) is 5.91 Å². The average molecular weight is 440 g/mol. The van der Waals surface area contributed by atoms with Gasteiger partial charge in [0, 0.05) is 36.1 Å². The van der Waals surface area contributed by atoms with Crippen LogP contribution in [0.3, 0.4) is 0 Å². The Balaban J connectivity index is 1.33. The number of halogens is 1. The molecule has 30 heavy (non-hydrogen) atoms. The fourth-order valence-electron chi connectivity index (χ4n) is 3.57. The molecule has 152 valence electrons. The number of amides is 1. The van der Waals surface area contributed by atoms with Gasteiger partial charge >= 0.3 is 0 Å². The van der Waals surface area contributed by atoms with Gasteiger partial charge in [0.1, 0.15) is 6.33 Å². The van der Waals surface area contributed by atoms with E-state index in [9.17, 15) is 4.79 Å². The number of nitrogens with zero attached hydrogens (tertiary/aromatic N) is 7. The number of rotatable bonds is 4. The van der Waals surface area contributed by atoms with Crippen LogP contribution >= 0.6 is 22.9 Å². The molecule has 5 rings (SSSR count). The van der Waals surface area contributed by atoms with Crippen molar-refractivity contribution in [3.63, 3.8) is 0 Å². The maximum Gasteiger partial charge on any atom is 0.227 e. The largest absolute Gasteiger partial charge is 0.351 e. The number of carbonyl (C=O) groups excluding carboxylic acids is 1. The summed E-state index contributed by atoms with van der Waals surface area (Å²) in [7, 11) is 0. The van der Waals surface area contributed by atoms with Gasteiger partial charge < -0.3 is 9.80 Å². The topological polar surface area (TPSA) is 80.0 Å². The zero-order chi connectivity index (χ0) is 20.5. The molecule has 0 atom stereocenters. The molecule has 0 radical (unpaired) electrons. The van der Waals surface area contributed by atoms with Crippen LogP contribution in [-0.2, 0) is 11.2 Å². The number of thiophene rings is 1. The monoisotopic (exact) mass is 439 g/mol. The molecule has 0 N–H and O–H groups in total. The van der Waals surface area contributed by atoms with Crippen LogP contribution in [0.5, 0.6) is 0 Å². The minimum atomic E-state index is 0.165. The highest BCUT2D eigenvalue weighted by Crippen LogP contribution is 2.24. The van der Waals surface area contributed by atoms with E-state index >= 15 is 0 Å². The summed E-state index contributed by atoms with van der Waals surface area (Å²) in [5, 5.41) is 11.3. The van der Waals surface area contributed by atoms with Crippen molar-refractivity contribution in [1.29, 1.82) is 0 Å². The molecule has 10 heteroatoms. The summed E-state index contributed by atoms with van der Waals surface area (Å²) in [4.78, 5) is 26.6. The Bertz CT molecular complexity index is 1170. The molecule has 0 unspecified atom stereocenters. The fraction of sp³-hybridized carbons (Fsp3) is 0.250. The van der Waals surface area contributed by atoms with E-state index in [4.69, 9.17) is 11.6 Å². The normalized spacial score (nSPS) is 14.4. The maximum absolute atomic E-state index is 12.6. The lowest BCUT2D eigenvalue weighted by molar-refractivity contribution is -0.130. The van der Waals surface area contributed by atoms with Crippen molar-refractivity contribution in [3.05, 3.63) is 58.0 Å². The van der Waals surface area contributed by atoms with E-state index in [0.29, 0.717) is 48.8 Å². The Labute approximate surface area is 181 Å². The molecule has 0 bridgehead atoms. The highest BCUT2D eigenvalue weighted by atomic mass is 35.5. The van der Waals surface area contributed by atoms with Gasteiger partial charge in [-0.3, -0.25) is 4.79 Å². The molecule has 8 nitrogen and oxygen atoms in total. The van der Waals surface area contributed by atoms with E-state index in [0.717, 1.165) is 16.4 Å². The van der Waals surface area contributed by atoms with Crippen LogP contribution in [0.15, 0.2) is 48.1 Å². The zero-order valence-electron chi connectivity index (χ0n) is 16.0. The third-order valence-electron chi connectivity index (χ3n) is 5.13. The lowest BCUT2D eigenvalue weighted by Gasteiger charge is -2.35. The molecule has 3 aromatic heterocycles. The number of anilines is 1. The van der Waals surface area contributed by atoms with Gasteiger partial charge in [0.15, 0.2) is 17.0 Å². The Morgan fingerprint density at radius 3 is 2.60 bits per heavy atom. The van der Waals surface area contributed by atoms with E-state index in [1.54, 1.807) is 28.2 Å². The van der Waals surface area contributed by atoms with Gasteiger partial charge in [0.05, 0.1) is 12.1 Å². The number of aromatic nitrogens is 5. The zero-order valence-corrected chi connectivity index (χ0v) is 17.6. The summed E-state index contributed by atoms with van der Waals surface area (Å²) in [5.41, 5.74) is 2.11. The molecule has 1 saturated heterocycles. The predicted octanol–water partition coefficient (Wildman–Crippen LogP) is 2.82. The van der Waals surface area contributed by atoms with Gasteiger partial charge in [-0.2, -0.15) is 4.68 Å². The number of fused-ring (bicyclic) bond motifs is 1. The van der Waals surface area contributed by atoms with Crippen LogP contribution < -0.4 is 4.90 Å². The van der Waals surface area contributed by atoms with Crippen molar-refractivity contribution in [1.82, 2.24) is 29.9 Å². The molecule has 4 heterocycles. The summed E-state index contributed by atoms with van der Waals surface area (Å²) in [6.07, 6.45) is 1.99. The second kappa shape index (κ2) is 8.00. The molecule has 0 saturated carbocycles. The molecule has 1 amide bonds. The van der Waals surface area contributed by atoms with Crippen LogP contribution in [0.1, 0.15) is 4.88 Å². The standard InChI is InChI=1S/C20H18ClN7OS/c21-14-3-5-15(6-4-14)28-20-18(24-25-28)19(22-13-23-20)27-9-7-26(8-10-27)17(29)12-16-2-1-11-30-16/h1-6,11,13H,7-10,12H2. The summed E-state index contributed by atoms with van der Waals surface area (Å²) in [6.45, 7) is 2.69. The average Bonchev–Trinajstić information content (AvgIpc) is 3.44. The first-order valence-electron chi connectivity index (χ1n) is 9.56. The first-order valence-corrected chi connectivity index (χ1v) is 10.8. The third kappa shape index (κ3) is 3.61. The number of benzene rings is 1. The smallest absolute Gasteiger partial charge is 0.227 e. The van der Waals surface area contributed by atoms with E-state index in [1.165, 1.54) is 6.33 Å². The molecule has 0 spiro atoms. The lowest BCUT2D eigenvalue weighted by atomic mass is 10.2. The summed E-state index contributed by atoms with van der Waals surface area (Å²) in [5.74, 6) is 0.907. The highest BCUT2D eigenvalue weighted by molar-refractivity contribution is 7.10. The highest BCUT2D eigenvalue weighted by Gasteiger charge is 2.25. The van der Waals surface area contributed by atoms with Gasteiger partial charge in [-0.15, -0.1) is 16.4 Å². The minimum absolute atomic E-state index is 0.165. The molecule has 1 aromatic carbocycles. The summed E-state index contributed by atoms with van der Waals surface area (Å²) >= 11 is 7.60. The molecular formula is C20H18ClN7OS. The Morgan fingerprint density at radius 2 is 1.87 bits per heavy atom. The molecule has 1 fully saturated rings. The fourth-order valence-corrected chi connectivity index (χ4v) is 4.39. The van der Waals surface area contributed by atoms with Crippen molar-refractivity contribution in [2.75, 3.05) is 31.1 Å². The minimum Gasteiger partial charge on any atom is -0.351 e. The molecule has 4 aromatic rings. The Hall–Kier alpha value is -3.04. The van der Waals surface area contributed by atoms with Crippen LogP contribution in [0.2, 0.25) is 5.02 Å². The van der Waals surface area contributed by atoms with Crippen molar-refractivity contribution >= 4 is 45.8 Å². The summed E-state index contributed by atoms with van der Waals surface area (Å²) in [6, 6.07) is 11.3. The van der Waals surface area contributed by atoms with Crippen LogP contribution in [0.4, 0.5) is 5.82 Å². The first-order chi connectivity index (χ1) is 14.7. The van der Waals surface area contributed by atoms with E-state index < -0.39 is 0 Å². The SMILES string of the molecule is O=C(Cc1cccs1)N1CCN(c2ncnc3c2nnn3-c2ccc(Cl)cc2)CC1. The van der Waals surface area contributed by atoms with Crippen LogP contribution in [-0.4, -0.2) is 61.9 Å². The summed E-state index contributed by atoms with van der Waals surface area (Å²) < 4.78 is 1.68. The second-order valence-corrected chi connectivity index (χ2v) is 8.44. The lowest BCUT2D eigenvalue weighted by Crippen LogP contribution is -2.49. The Morgan fingerprint density at radius 1 is 1.07 bits per heavy atom. The van der Waals surface area contributed by atoms with Gasteiger partial charge in [0.25, 0.3) is 0 Å². The van der Waals surface area contributed by atoms with Crippen LogP contribution in [0.25, 0.3) is 16.9 Å². The quantitative estimate of drug-likeness (QED) is 0.486. The number of carbonyl (C=O) groups is 1. The molecule has 1 aliphatic rings. The van der Waals surface area contributed by atoms with Crippen LogP contribution in [0, 0.1) is 0 Å². The molecular weight excluding hydrogens is 422 g/mol. The molecule has 1 aliphatic heterocycles. The Kier molecular flexibility index (Phi) is 5.06. The van der Waals surface area contributed by atoms with Crippen molar-refractivity contribution in [2.24, 2.45) is 0 Å². The maximum atomic E-state index is 12.6. The van der Waals surface area contributed by atoms with Crippen molar-refractivity contribution in [3.8, 4) is 5.69 Å². The predicted molar refractivity (Wildman–Crippen MR) is 116 cm³/mol. The number of hydrogen-bond donors (Lipinski definition) is 0. The van der Waals surface area contributed by atoms with Crippen molar-refractivity contribution < 1.29 is 4.79 Å². The number of piperazine rings is 1.